The number of nitrogens with one attached hydrogen (secondary N) is 1. The van der Waals surface area contributed by atoms with Crippen LogP contribution in [0.1, 0.15) is 41.8 Å². The van der Waals surface area contributed by atoms with E-state index < -0.39 is 5.54 Å². The number of aryl methyl sites for hydroxylation is 2. The highest BCUT2D eigenvalue weighted by Crippen LogP contribution is 2.39. The van der Waals surface area contributed by atoms with Crippen LogP contribution in [0.3, 0.4) is 0 Å². The minimum Gasteiger partial charge on any atom is -0.464 e. The molecule has 0 saturated heterocycles. The van der Waals surface area contributed by atoms with Crippen LogP contribution in [0.15, 0.2) is 54.6 Å². The van der Waals surface area contributed by atoms with Gasteiger partial charge in [0.25, 0.3) is 5.91 Å². The Labute approximate surface area is 183 Å². The van der Waals surface area contributed by atoms with Crippen molar-refractivity contribution in [2.24, 2.45) is 0 Å². The summed E-state index contributed by atoms with van der Waals surface area (Å²) >= 11 is 0. The molecule has 3 aromatic carbocycles. The average molecular weight is 417 g/mol. The molecule has 0 saturated carbocycles. The third kappa shape index (κ3) is 3.65. The van der Waals surface area contributed by atoms with E-state index >= 15 is 0 Å². The lowest BCUT2D eigenvalue weighted by Crippen LogP contribution is -2.59. The molecule has 1 N–H and O–H groups in total. The Morgan fingerprint density at radius 3 is 2.42 bits per heavy atom. The number of hydrogen-bond acceptors (Lipinski definition) is 4. The monoisotopic (exact) mass is 416 g/mol. The number of benzene rings is 3. The first-order valence-electron chi connectivity index (χ1n) is 10.8. The van der Waals surface area contributed by atoms with Crippen molar-refractivity contribution in [2.45, 2.75) is 39.7 Å². The van der Waals surface area contributed by atoms with Gasteiger partial charge in [0.1, 0.15) is 0 Å². The number of fused-ring (bicyclic) bond motifs is 2. The maximum absolute atomic E-state index is 13.7. The summed E-state index contributed by atoms with van der Waals surface area (Å²) in [5, 5.41) is 5.50. The zero-order valence-electron chi connectivity index (χ0n) is 18.5. The minimum atomic E-state index is -0.989. The molecule has 1 heterocycles. The van der Waals surface area contributed by atoms with Crippen LogP contribution in [0, 0.1) is 13.8 Å². The molecular formula is C26H28N2O3. The molecule has 4 rings (SSSR count). The Balaban J connectivity index is 1.83. The average Bonchev–Trinajstić information content (AvgIpc) is 2.78. The lowest BCUT2D eigenvalue weighted by atomic mass is 9.90. The number of carbonyl (C=O) groups is 2. The van der Waals surface area contributed by atoms with Gasteiger partial charge >= 0.3 is 5.97 Å². The molecule has 0 fully saturated rings. The molecular weight excluding hydrogens is 388 g/mol. The first-order chi connectivity index (χ1) is 14.9. The van der Waals surface area contributed by atoms with E-state index in [1.54, 1.807) is 11.8 Å². The molecule has 0 bridgehead atoms. The number of hydrogen-bond donors (Lipinski definition) is 1. The summed E-state index contributed by atoms with van der Waals surface area (Å²) in [7, 11) is 0. The minimum absolute atomic E-state index is 0.126. The lowest BCUT2D eigenvalue weighted by Gasteiger charge is -2.43. The molecule has 160 valence electrons. The summed E-state index contributed by atoms with van der Waals surface area (Å²) in [5.74, 6) is -0.462. The van der Waals surface area contributed by atoms with E-state index in [1.165, 1.54) is 0 Å². The molecule has 31 heavy (non-hydrogen) atoms. The van der Waals surface area contributed by atoms with E-state index in [0.29, 0.717) is 18.6 Å². The first-order valence-corrected chi connectivity index (χ1v) is 10.8. The molecule has 0 spiro atoms. The van der Waals surface area contributed by atoms with Gasteiger partial charge in [0.05, 0.1) is 24.5 Å². The number of ether oxygens (including phenoxy) is 1. The molecule has 1 aliphatic rings. The van der Waals surface area contributed by atoms with E-state index in [1.807, 2.05) is 75.4 Å². The highest BCUT2D eigenvalue weighted by Gasteiger charge is 2.45. The van der Waals surface area contributed by atoms with Gasteiger partial charge < -0.3 is 15.0 Å². The SMILES string of the molecule is CCOC(=O)C1(CC)CN(C(=O)c2ccc3ccccc3c2)c2cc(C)c(C)cc2N1. The van der Waals surface area contributed by atoms with Crippen molar-refractivity contribution in [3.63, 3.8) is 0 Å². The standard InChI is InChI=1S/C26H28N2O3/c1-5-26(25(30)31-6-2)16-28(23-14-18(4)17(3)13-22(23)27-26)24(29)21-12-11-19-9-7-8-10-20(19)15-21/h7-15,27H,5-6,16H2,1-4H3. The van der Waals surface area contributed by atoms with Crippen LogP contribution in [-0.2, 0) is 9.53 Å². The van der Waals surface area contributed by atoms with Crippen molar-refractivity contribution in [1.82, 2.24) is 0 Å². The number of carbonyl (C=O) groups excluding carboxylic acids is 2. The van der Waals surface area contributed by atoms with Crippen molar-refractivity contribution in [2.75, 3.05) is 23.4 Å². The molecule has 1 atom stereocenters. The Bertz CT molecular complexity index is 1170. The Morgan fingerprint density at radius 1 is 1.00 bits per heavy atom. The van der Waals surface area contributed by atoms with Gasteiger partial charge in [-0.25, -0.2) is 4.79 Å². The molecule has 1 amide bonds. The normalized spacial score (nSPS) is 17.7. The second kappa shape index (κ2) is 8.06. The van der Waals surface area contributed by atoms with Gasteiger partial charge in [-0.15, -0.1) is 0 Å². The highest BCUT2D eigenvalue weighted by molar-refractivity contribution is 6.11. The van der Waals surface area contributed by atoms with E-state index in [9.17, 15) is 9.59 Å². The molecule has 0 aromatic heterocycles. The largest absolute Gasteiger partial charge is 0.464 e. The van der Waals surface area contributed by atoms with Crippen LogP contribution in [0.25, 0.3) is 10.8 Å². The van der Waals surface area contributed by atoms with Crippen LogP contribution in [0.5, 0.6) is 0 Å². The van der Waals surface area contributed by atoms with E-state index in [0.717, 1.165) is 33.3 Å². The Hall–Kier alpha value is -3.34. The lowest BCUT2D eigenvalue weighted by molar-refractivity contribution is -0.148. The van der Waals surface area contributed by atoms with Crippen molar-refractivity contribution < 1.29 is 14.3 Å². The molecule has 5 nitrogen and oxygen atoms in total. The van der Waals surface area contributed by atoms with Crippen LogP contribution < -0.4 is 10.2 Å². The zero-order valence-corrected chi connectivity index (χ0v) is 18.5. The van der Waals surface area contributed by atoms with Crippen molar-refractivity contribution in [1.29, 1.82) is 0 Å². The fourth-order valence-electron chi connectivity index (χ4n) is 4.17. The molecule has 0 aliphatic carbocycles. The summed E-state index contributed by atoms with van der Waals surface area (Å²) < 4.78 is 5.40. The smallest absolute Gasteiger partial charge is 0.333 e. The van der Waals surface area contributed by atoms with Gasteiger partial charge in [0.15, 0.2) is 5.54 Å². The van der Waals surface area contributed by atoms with Crippen molar-refractivity contribution >= 4 is 34.0 Å². The quantitative estimate of drug-likeness (QED) is 0.591. The van der Waals surface area contributed by atoms with E-state index in [2.05, 4.69) is 5.32 Å². The van der Waals surface area contributed by atoms with Crippen LogP contribution in [0.2, 0.25) is 0 Å². The molecule has 5 heteroatoms. The number of amides is 1. The summed E-state index contributed by atoms with van der Waals surface area (Å²) in [5.41, 5.74) is 3.36. The predicted octanol–water partition coefficient (Wildman–Crippen LogP) is 5.24. The maximum Gasteiger partial charge on any atom is 0.333 e. The fraction of sp³-hybridized carbons (Fsp3) is 0.308. The number of nitrogens with zero attached hydrogens (tertiary/aromatic N) is 1. The van der Waals surface area contributed by atoms with Crippen LogP contribution >= 0.6 is 0 Å². The summed E-state index contributed by atoms with van der Waals surface area (Å²) in [6.45, 7) is 8.29. The Morgan fingerprint density at radius 2 is 1.71 bits per heavy atom. The zero-order chi connectivity index (χ0) is 22.2. The van der Waals surface area contributed by atoms with E-state index in [-0.39, 0.29) is 18.4 Å². The third-order valence-electron chi connectivity index (χ3n) is 6.22. The topological polar surface area (TPSA) is 58.6 Å². The third-order valence-corrected chi connectivity index (χ3v) is 6.22. The first kappa shape index (κ1) is 20.9. The molecule has 1 unspecified atom stereocenters. The number of anilines is 2. The van der Waals surface area contributed by atoms with Gasteiger partial charge in [-0.2, -0.15) is 0 Å². The summed E-state index contributed by atoms with van der Waals surface area (Å²) in [4.78, 5) is 28.4. The van der Waals surface area contributed by atoms with Gasteiger partial charge in [-0.3, -0.25) is 4.79 Å². The molecule has 0 radical (unpaired) electrons. The van der Waals surface area contributed by atoms with Gasteiger partial charge in [0, 0.05) is 5.56 Å². The van der Waals surface area contributed by atoms with Gasteiger partial charge in [0.2, 0.25) is 0 Å². The summed E-state index contributed by atoms with van der Waals surface area (Å²) in [6, 6.07) is 17.7. The Kier molecular flexibility index (Phi) is 5.44. The number of rotatable bonds is 4. The number of esters is 1. The fourth-order valence-corrected chi connectivity index (χ4v) is 4.17. The van der Waals surface area contributed by atoms with E-state index in [4.69, 9.17) is 4.74 Å². The predicted molar refractivity (Wildman–Crippen MR) is 125 cm³/mol. The highest BCUT2D eigenvalue weighted by atomic mass is 16.5. The van der Waals surface area contributed by atoms with Crippen molar-refractivity contribution in [3.8, 4) is 0 Å². The van der Waals surface area contributed by atoms with Gasteiger partial charge in [-0.1, -0.05) is 37.3 Å². The summed E-state index contributed by atoms with van der Waals surface area (Å²) in [6.07, 6.45) is 0.500. The maximum atomic E-state index is 13.7. The van der Waals surface area contributed by atoms with Crippen LogP contribution in [-0.4, -0.2) is 30.6 Å². The second-order valence-electron chi connectivity index (χ2n) is 8.19. The second-order valence-corrected chi connectivity index (χ2v) is 8.19. The van der Waals surface area contributed by atoms with Crippen molar-refractivity contribution in [3.05, 3.63) is 71.3 Å². The molecule has 1 aliphatic heterocycles. The molecule has 3 aromatic rings. The van der Waals surface area contributed by atoms with Crippen LogP contribution in [0.4, 0.5) is 11.4 Å². The van der Waals surface area contributed by atoms with Gasteiger partial charge in [-0.05, 0) is 73.4 Å².